The lowest BCUT2D eigenvalue weighted by Gasteiger charge is -2.20. The molecule has 0 saturated carbocycles. The Labute approximate surface area is 114 Å². The van der Waals surface area contributed by atoms with Gasteiger partial charge in [0.05, 0.1) is 12.2 Å². The molecule has 7 heteroatoms. The molecule has 5 nitrogen and oxygen atoms in total. The molecular weight excluding hydrogens is 270 g/mol. The van der Waals surface area contributed by atoms with Crippen LogP contribution in [0.3, 0.4) is 0 Å². The van der Waals surface area contributed by atoms with Crippen molar-refractivity contribution < 1.29 is 23.5 Å². The maximum atomic E-state index is 13.4. The Kier molecular flexibility index (Phi) is 4.29. The number of nitrogens with one attached hydrogen (secondary N) is 1. The van der Waals surface area contributed by atoms with Gasteiger partial charge in [0.25, 0.3) is 0 Å². The maximum Gasteiger partial charge on any atom is 0.320 e. The summed E-state index contributed by atoms with van der Waals surface area (Å²) in [4.78, 5) is 24.2. The second-order valence-electron chi connectivity index (χ2n) is 4.64. The predicted octanol–water partition coefficient (Wildman–Crippen LogP) is 1.45. The van der Waals surface area contributed by atoms with Crippen LogP contribution >= 0.6 is 0 Å². The summed E-state index contributed by atoms with van der Waals surface area (Å²) in [6, 6.07) is 2.05. The summed E-state index contributed by atoms with van der Waals surface area (Å²) in [5, 5.41) is 11.2. The molecule has 1 aliphatic heterocycles. The van der Waals surface area contributed by atoms with Crippen LogP contribution in [0.15, 0.2) is 18.2 Å². The second-order valence-corrected chi connectivity index (χ2v) is 4.64. The minimum atomic E-state index is -0.979. The highest BCUT2D eigenvalue weighted by molar-refractivity contribution is 5.92. The standard InChI is InChI=1S/C13H14F2N2O3/c14-8-3-4-9(15)10(6-8)16-12(18)7-17-5-1-2-11(17)13(19)20/h3-4,6,11H,1-2,5,7H2,(H,16,18)(H,19,20). The number of hydrogen-bond acceptors (Lipinski definition) is 3. The van der Waals surface area contributed by atoms with Crippen LogP contribution in [0, 0.1) is 11.6 Å². The van der Waals surface area contributed by atoms with E-state index in [0.29, 0.717) is 19.4 Å². The van der Waals surface area contributed by atoms with E-state index in [9.17, 15) is 18.4 Å². The number of carboxylic acid groups (broad SMARTS) is 1. The number of nitrogens with zero attached hydrogens (tertiary/aromatic N) is 1. The Morgan fingerprint density at radius 1 is 1.40 bits per heavy atom. The largest absolute Gasteiger partial charge is 0.480 e. The summed E-state index contributed by atoms with van der Waals surface area (Å²) in [6.07, 6.45) is 1.18. The number of aliphatic carboxylic acids is 1. The normalized spacial score (nSPS) is 19.0. The van der Waals surface area contributed by atoms with Crippen molar-refractivity contribution in [3.8, 4) is 0 Å². The Bertz CT molecular complexity index is 536. The van der Waals surface area contributed by atoms with E-state index in [2.05, 4.69) is 5.32 Å². The molecule has 108 valence electrons. The number of carbonyl (C=O) groups excluding carboxylic acids is 1. The van der Waals surface area contributed by atoms with Gasteiger partial charge in [0.15, 0.2) is 0 Å². The first-order valence-corrected chi connectivity index (χ1v) is 6.19. The third-order valence-electron chi connectivity index (χ3n) is 3.20. The highest BCUT2D eigenvalue weighted by Crippen LogP contribution is 2.18. The van der Waals surface area contributed by atoms with Gasteiger partial charge in [0.1, 0.15) is 17.7 Å². The number of carboxylic acids is 1. The number of rotatable bonds is 4. The van der Waals surface area contributed by atoms with E-state index in [1.54, 1.807) is 0 Å². The molecule has 1 aliphatic rings. The van der Waals surface area contributed by atoms with Crippen LogP contribution in [0.2, 0.25) is 0 Å². The fourth-order valence-corrected chi connectivity index (χ4v) is 2.26. The van der Waals surface area contributed by atoms with Crippen molar-refractivity contribution in [3.63, 3.8) is 0 Å². The van der Waals surface area contributed by atoms with Gasteiger partial charge in [0, 0.05) is 6.07 Å². The molecule has 1 amide bonds. The molecule has 1 atom stereocenters. The van der Waals surface area contributed by atoms with Crippen molar-refractivity contribution in [2.24, 2.45) is 0 Å². The van der Waals surface area contributed by atoms with E-state index in [0.717, 1.165) is 18.2 Å². The molecule has 2 rings (SSSR count). The van der Waals surface area contributed by atoms with Crippen molar-refractivity contribution in [1.29, 1.82) is 0 Å². The van der Waals surface area contributed by atoms with Crippen LogP contribution in [-0.2, 0) is 9.59 Å². The molecule has 0 spiro atoms. The van der Waals surface area contributed by atoms with Crippen molar-refractivity contribution in [2.45, 2.75) is 18.9 Å². The first kappa shape index (κ1) is 14.4. The van der Waals surface area contributed by atoms with E-state index in [4.69, 9.17) is 5.11 Å². The van der Waals surface area contributed by atoms with E-state index in [1.165, 1.54) is 4.90 Å². The van der Waals surface area contributed by atoms with Gasteiger partial charge in [-0.2, -0.15) is 0 Å². The highest BCUT2D eigenvalue weighted by Gasteiger charge is 2.31. The Hall–Kier alpha value is -2.02. The first-order chi connectivity index (χ1) is 9.47. The molecular formula is C13H14F2N2O3. The SMILES string of the molecule is O=C(CN1CCCC1C(=O)O)Nc1cc(F)ccc1F. The Morgan fingerprint density at radius 3 is 2.85 bits per heavy atom. The molecule has 0 aromatic heterocycles. The summed E-state index contributed by atoms with van der Waals surface area (Å²) < 4.78 is 26.3. The lowest BCUT2D eigenvalue weighted by atomic mass is 10.2. The molecule has 1 heterocycles. The third kappa shape index (κ3) is 3.30. The third-order valence-corrected chi connectivity index (χ3v) is 3.20. The van der Waals surface area contributed by atoms with E-state index in [-0.39, 0.29) is 12.2 Å². The molecule has 1 aromatic carbocycles. The van der Waals surface area contributed by atoms with Crippen molar-refractivity contribution >= 4 is 17.6 Å². The van der Waals surface area contributed by atoms with Gasteiger partial charge in [0.2, 0.25) is 5.91 Å². The van der Waals surface area contributed by atoms with E-state index < -0.39 is 29.6 Å². The number of hydrogen-bond donors (Lipinski definition) is 2. The van der Waals surface area contributed by atoms with Gasteiger partial charge < -0.3 is 10.4 Å². The number of amides is 1. The Morgan fingerprint density at radius 2 is 2.15 bits per heavy atom. The monoisotopic (exact) mass is 284 g/mol. The van der Waals surface area contributed by atoms with Gasteiger partial charge in [-0.05, 0) is 31.5 Å². The predicted molar refractivity (Wildman–Crippen MR) is 67.2 cm³/mol. The van der Waals surface area contributed by atoms with Crippen LogP contribution in [0.4, 0.5) is 14.5 Å². The summed E-state index contributed by atoms with van der Waals surface area (Å²) in [5.41, 5.74) is -0.249. The van der Waals surface area contributed by atoms with Crippen molar-refractivity contribution in [3.05, 3.63) is 29.8 Å². The van der Waals surface area contributed by atoms with Crippen LogP contribution in [0.5, 0.6) is 0 Å². The number of benzene rings is 1. The molecule has 2 N–H and O–H groups in total. The number of anilines is 1. The zero-order valence-electron chi connectivity index (χ0n) is 10.6. The molecule has 1 aromatic rings. The van der Waals surface area contributed by atoms with E-state index >= 15 is 0 Å². The minimum absolute atomic E-state index is 0.160. The summed E-state index contributed by atoms with van der Waals surface area (Å²) in [5.74, 6) is -2.95. The zero-order valence-corrected chi connectivity index (χ0v) is 10.6. The minimum Gasteiger partial charge on any atom is -0.480 e. The number of carbonyl (C=O) groups is 2. The zero-order chi connectivity index (χ0) is 14.7. The quantitative estimate of drug-likeness (QED) is 0.878. The molecule has 0 aliphatic carbocycles. The highest BCUT2D eigenvalue weighted by atomic mass is 19.1. The van der Waals surface area contributed by atoms with Gasteiger partial charge in [-0.1, -0.05) is 0 Å². The van der Waals surface area contributed by atoms with Gasteiger partial charge in [-0.15, -0.1) is 0 Å². The fourth-order valence-electron chi connectivity index (χ4n) is 2.26. The van der Waals surface area contributed by atoms with Crippen molar-refractivity contribution in [1.82, 2.24) is 4.90 Å². The molecule has 1 saturated heterocycles. The molecule has 1 fully saturated rings. The average molecular weight is 284 g/mol. The Balaban J connectivity index is 1.99. The van der Waals surface area contributed by atoms with Gasteiger partial charge in [-0.25, -0.2) is 8.78 Å². The lowest BCUT2D eigenvalue weighted by Crippen LogP contribution is -2.41. The number of likely N-dealkylation sites (tertiary alicyclic amines) is 1. The fraction of sp³-hybridized carbons (Fsp3) is 0.385. The van der Waals surface area contributed by atoms with E-state index in [1.807, 2.05) is 0 Å². The summed E-state index contributed by atoms with van der Waals surface area (Å²) >= 11 is 0. The maximum absolute atomic E-state index is 13.4. The molecule has 0 bridgehead atoms. The second kappa shape index (κ2) is 5.96. The average Bonchev–Trinajstić information content (AvgIpc) is 2.82. The van der Waals surface area contributed by atoms with Crippen LogP contribution in [0.25, 0.3) is 0 Å². The summed E-state index contributed by atoms with van der Waals surface area (Å²) in [6.45, 7) is 0.336. The lowest BCUT2D eigenvalue weighted by molar-refractivity contribution is -0.142. The summed E-state index contributed by atoms with van der Waals surface area (Å²) in [7, 11) is 0. The van der Waals surface area contributed by atoms with Crippen molar-refractivity contribution in [2.75, 3.05) is 18.4 Å². The molecule has 0 radical (unpaired) electrons. The smallest absolute Gasteiger partial charge is 0.320 e. The van der Waals surface area contributed by atoms with Crippen LogP contribution < -0.4 is 5.32 Å². The first-order valence-electron chi connectivity index (χ1n) is 6.19. The topological polar surface area (TPSA) is 69.6 Å². The van der Waals surface area contributed by atoms with Crippen LogP contribution in [-0.4, -0.2) is 41.0 Å². The molecule has 1 unspecified atom stereocenters. The number of halogens is 2. The van der Waals surface area contributed by atoms with Crippen LogP contribution in [0.1, 0.15) is 12.8 Å². The van der Waals surface area contributed by atoms with Gasteiger partial charge >= 0.3 is 5.97 Å². The molecule has 20 heavy (non-hydrogen) atoms. The van der Waals surface area contributed by atoms with Gasteiger partial charge in [-0.3, -0.25) is 14.5 Å².